The van der Waals surface area contributed by atoms with Crippen LogP contribution in [0.1, 0.15) is 6.42 Å². The Balaban J connectivity index is 1.73. The Morgan fingerprint density at radius 1 is 1.12 bits per heavy atom. The zero-order chi connectivity index (χ0) is 17.1. The van der Waals surface area contributed by atoms with Gasteiger partial charge < -0.3 is 9.80 Å². The average Bonchev–Trinajstić information content (AvgIpc) is 3.03. The van der Waals surface area contributed by atoms with Crippen molar-refractivity contribution in [2.45, 2.75) is 11.3 Å². The molecule has 5 heteroatoms. The Labute approximate surface area is 146 Å². The molecular weight excluding hydrogens is 320 g/mol. The van der Waals surface area contributed by atoms with E-state index in [4.69, 9.17) is 0 Å². The number of thioether (sulfide) groups is 1. The molecule has 1 atom stereocenters. The predicted molar refractivity (Wildman–Crippen MR) is 98.5 cm³/mol. The summed E-state index contributed by atoms with van der Waals surface area (Å²) in [4.78, 5) is 29.6. The van der Waals surface area contributed by atoms with E-state index >= 15 is 0 Å². The average molecular weight is 340 g/mol. The van der Waals surface area contributed by atoms with Crippen LogP contribution in [0, 0.1) is 5.92 Å². The molecule has 1 unspecified atom stereocenters. The number of nitrogens with zero attached hydrogens (tertiary/aromatic N) is 2. The van der Waals surface area contributed by atoms with Crippen LogP contribution in [0.4, 0.5) is 11.4 Å². The van der Waals surface area contributed by atoms with Gasteiger partial charge in [0.25, 0.3) is 0 Å². The van der Waals surface area contributed by atoms with Gasteiger partial charge in [0.1, 0.15) is 0 Å². The maximum atomic E-state index is 12.7. The summed E-state index contributed by atoms with van der Waals surface area (Å²) in [5.74, 6) is -0.313. The number of anilines is 2. The van der Waals surface area contributed by atoms with E-state index < -0.39 is 0 Å². The molecule has 0 saturated carbocycles. The smallest absolute Gasteiger partial charge is 0.232 e. The third-order valence-electron chi connectivity index (χ3n) is 4.33. The maximum absolute atomic E-state index is 12.7. The molecule has 0 spiro atoms. The van der Waals surface area contributed by atoms with Crippen LogP contribution in [0.15, 0.2) is 59.5 Å². The second kappa shape index (κ2) is 7.09. The van der Waals surface area contributed by atoms with Crippen LogP contribution in [-0.2, 0) is 9.59 Å². The number of carbonyl (C=O) groups is 2. The monoisotopic (exact) mass is 340 g/mol. The standard InChI is InChI=1S/C19H20N2O2S/c1-20(15-6-4-3-5-7-15)19(23)14-12-18(22)21(13-14)16-8-10-17(24-2)11-9-16/h3-11,14H,12-13H2,1-2H3. The highest BCUT2D eigenvalue weighted by Crippen LogP contribution is 2.28. The highest BCUT2D eigenvalue weighted by molar-refractivity contribution is 7.98. The largest absolute Gasteiger partial charge is 0.315 e. The van der Waals surface area contributed by atoms with Gasteiger partial charge in [0.05, 0.1) is 5.92 Å². The van der Waals surface area contributed by atoms with Crippen molar-refractivity contribution >= 4 is 35.0 Å². The summed E-state index contributed by atoms with van der Waals surface area (Å²) in [6, 6.07) is 17.4. The first-order valence-corrected chi connectivity index (χ1v) is 9.09. The molecule has 0 aliphatic carbocycles. The minimum absolute atomic E-state index is 0.00622. The van der Waals surface area contributed by atoms with Gasteiger partial charge in [-0.25, -0.2) is 0 Å². The summed E-state index contributed by atoms with van der Waals surface area (Å²) >= 11 is 1.66. The van der Waals surface area contributed by atoms with Gasteiger partial charge in [0.15, 0.2) is 0 Å². The molecule has 0 aromatic heterocycles. The minimum Gasteiger partial charge on any atom is -0.315 e. The van der Waals surface area contributed by atoms with Gasteiger partial charge in [-0.3, -0.25) is 9.59 Å². The number of amides is 2. The summed E-state index contributed by atoms with van der Waals surface area (Å²) in [5, 5.41) is 0. The van der Waals surface area contributed by atoms with E-state index in [0.717, 1.165) is 16.3 Å². The van der Waals surface area contributed by atoms with Gasteiger partial charge in [-0.2, -0.15) is 0 Å². The molecular formula is C19H20N2O2S. The number of benzene rings is 2. The first kappa shape index (κ1) is 16.6. The van der Waals surface area contributed by atoms with Gasteiger partial charge >= 0.3 is 0 Å². The highest BCUT2D eigenvalue weighted by Gasteiger charge is 2.36. The SMILES string of the molecule is CSc1ccc(N2CC(C(=O)N(C)c3ccccc3)CC2=O)cc1. The first-order chi connectivity index (χ1) is 11.6. The second-order valence-electron chi connectivity index (χ2n) is 5.84. The quantitative estimate of drug-likeness (QED) is 0.801. The maximum Gasteiger partial charge on any atom is 0.232 e. The molecule has 0 bridgehead atoms. The first-order valence-electron chi connectivity index (χ1n) is 7.87. The normalized spacial score (nSPS) is 17.2. The minimum atomic E-state index is -0.303. The Bertz CT molecular complexity index is 731. The number of hydrogen-bond acceptors (Lipinski definition) is 3. The second-order valence-corrected chi connectivity index (χ2v) is 6.72. The molecule has 0 N–H and O–H groups in total. The number of carbonyl (C=O) groups excluding carboxylic acids is 2. The fraction of sp³-hybridized carbons (Fsp3) is 0.263. The molecule has 24 heavy (non-hydrogen) atoms. The summed E-state index contributed by atoms with van der Waals surface area (Å²) in [6.45, 7) is 0.438. The van der Waals surface area contributed by atoms with E-state index in [9.17, 15) is 9.59 Å². The Morgan fingerprint density at radius 2 is 1.79 bits per heavy atom. The van der Waals surface area contributed by atoms with Crippen molar-refractivity contribution in [3.63, 3.8) is 0 Å². The molecule has 3 rings (SSSR count). The Morgan fingerprint density at radius 3 is 2.42 bits per heavy atom. The lowest BCUT2D eigenvalue weighted by Crippen LogP contribution is -2.34. The number of para-hydroxylation sites is 1. The zero-order valence-corrected chi connectivity index (χ0v) is 14.6. The fourth-order valence-corrected chi connectivity index (χ4v) is 3.35. The van der Waals surface area contributed by atoms with Gasteiger partial charge in [-0.1, -0.05) is 18.2 Å². The van der Waals surface area contributed by atoms with E-state index in [1.54, 1.807) is 28.6 Å². The third kappa shape index (κ3) is 3.31. The molecule has 124 valence electrons. The zero-order valence-electron chi connectivity index (χ0n) is 13.8. The molecule has 1 aliphatic heterocycles. The number of hydrogen-bond donors (Lipinski definition) is 0. The lowest BCUT2D eigenvalue weighted by Gasteiger charge is -2.21. The summed E-state index contributed by atoms with van der Waals surface area (Å²) in [5.41, 5.74) is 1.70. The van der Waals surface area contributed by atoms with E-state index in [1.165, 1.54) is 0 Å². The molecule has 0 radical (unpaired) electrons. The van der Waals surface area contributed by atoms with Gasteiger partial charge in [-0.05, 0) is 42.7 Å². The molecule has 1 heterocycles. The molecule has 1 aliphatic rings. The highest BCUT2D eigenvalue weighted by atomic mass is 32.2. The Kier molecular flexibility index (Phi) is 4.90. The van der Waals surface area contributed by atoms with Gasteiger partial charge in [0.2, 0.25) is 11.8 Å². The van der Waals surface area contributed by atoms with Crippen molar-refractivity contribution in [1.82, 2.24) is 0 Å². The van der Waals surface area contributed by atoms with Crippen molar-refractivity contribution in [2.75, 3.05) is 29.6 Å². The summed E-state index contributed by atoms with van der Waals surface area (Å²) in [7, 11) is 1.76. The van der Waals surface area contributed by atoms with E-state index in [1.807, 2.05) is 60.9 Å². The van der Waals surface area contributed by atoms with Crippen LogP contribution >= 0.6 is 11.8 Å². The van der Waals surface area contributed by atoms with E-state index in [-0.39, 0.29) is 24.2 Å². The molecule has 1 fully saturated rings. The van der Waals surface area contributed by atoms with Crippen LogP contribution in [0.5, 0.6) is 0 Å². The molecule has 4 nitrogen and oxygen atoms in total. The fourth-order valence-electron chi connectivity index (χ4n) is 2.94. The summed E-state index contributed by atoms with van der Waals surface area (Å²) < 4.78 is 0. The molecule has 1 saturated heterocycles. The molecule has 2 amide bonds. The van der Waals surface area contributed by atoms with Gasteiger partial charge in [-0.15, -0.1) is 11.8 Å². The lowest BCUT2D eigenvalue weighted by molar-refractivity contribution is -0.124. The van der Waals surface area contributed by atoms with Crippen LogP contribution in [-0.4, -0.2) is 31.7 Å². The topological polar surface area (TPSA) is 40.6 Å². The van der Waals surface area contributed by atoms with Crippen LogP contribution < -0.4 is 9.80 Å². The van der Waals surface area contributed by atoms with Crippen molar-refractivity contribution < 1.29 is 9.59 Å². The Hall–Kier alpha value is -2.27. The van der Waals surface area contributed by atoms with E-state index in [0.29, 0.717) is 6.54 Å². The summed E-state index contributed by atoms with van der Waals surface area (Å²) in [6.07, 6.45) is 2.28. The molecule has 2 aromatic carbocycles. The number of rotatable bonds is 4. The van der Waals surface area contributed by atoms with Crippen molar-refractivity contribution in [1.29, 1.82) is 0 Å². The van der Waals surface area contributed by atoms with Crippen LogP contribution in [0.25, 0.3) is 0 Å². The van der Waals surface area contributed by atoms with Crippen LogP contribution in [0.3, 0.4) is 0 Å². The van der Waals surface area contributed by atoms with Gasteiger partial charge in [0, 0.05) is 36.3 Å². The lowest BCUT2D eigenvalue weighted by atomic mass is 10.1. The third-order valence-corrected chi connectivity index (χ3v) is 5.08. The van der Waals surface area contributed by atoms with E-state index in [2.05, 4.69) is 0 Å². The predicted octanol–water partition coefficient (Wildman–Crippen LogP) is 3.42. The van der Waals surface area contributed by atoms with Crippen molar-refractivity contribution in [3.05, 3.63) is 54.6 Å². The van der Waals surface area contributed by atoms with Crippen molar-refractivity contribution in [2.24, 2.45) is 5.92 Å². The van der Waals surface area contributed by atoms with Crippen LogP contribution in [0.2, 0.25) is 0 Å². The van der Waals surface area contributed by atoms with Crippen molar-refractivity contribution in [3.8, 4) is 0 Å². The molecule has 2 aromatic rings.